The van der Waals surface area contributed by atoms with E-state index in [1.165, 1.54) is 0 Å². The fourth-order valence-corrected chi connectivity index (χ4v) is 2.13. The number of hydrogen-bond donors (Lipinski definition) is 3. The van der Waals surface area contributed by atoms with Gasteiger partial charge in [-0.3, -0.25) is 4.79 Å². The van der Waals surface area contributed by atoms with Crippen LogP contribution in [0.2, 0.25) is 0 Å². The van der Waals surface area contributed by atoms with Crippen molar-refractivity contribution in [3.05, 3.63) is 11.1 Å². The summed E-state index contributed by atoms with van der Waals surface area (Å²) < 4.78 is 0.672. The molecule has 0 saturated heterocycles. The van der Waals surface area contributed by atoms with Gasteiger partial charge in [-0.25, -0.2) is 4.79 Å². The van der Waals surface area contributed by atoms with Crippen LogP contribution in [0.15, 0.2) is 11.1 Å². The van der Waals surface area contributed by atoms with Gasteiger partial charge in [-0.05, 0) is 12.8 Å². The van der Waals surface area contributed by atoms with Crippen LogP contribution in [0.5, 0.6) is 0 Å². The first kappa shape index (κ1) is 14.0. The largest absolute Gasteiger partial charge is 0.481 e. The van der Waals surface area contributed by atoms with Gasteiger partial charge in [-0.1, -0.05) is 35.4 Å². The second-order valence-electron chi connectivity index (χ2n) is 4.18. The van der Waals surface area contributed by atoms with Crippen LogP contribution >= 0.6 is 15.9 Å². The van der Waals surface area contributed by atoms with Crippen molar-refractivity contribution in [2.75, 3.05) is 6.54 Å². The average molecular weight is 305 g/mol. The zero-order valence-electron chi connectivity index (χ0n) is 9.54. The number of amides is 2. The van der Waals surface area contributed by atoms with Gasteiger partial charge >= 0.3 is 12.0 Å². The van der Waals surface area contributed by atoms with E-state index in [1.807, 2.05) is 0 Å². The summed E-state index contributed by atoms with van der Waals surface area (Å²) in [4.78, 5) is 22.5. The number of aliphatic carboxylic acids is 1. The molecule has 0 spiro atoms. The number of urea groups is 1. The van der Waals surface area contributed by atoms with Crippen LogP contribution < -0.4 is 10.6 Å². The van der Waals surface area contributed by atoms with E-state index < -0.39 is 11.9 Å². The van der Waals surface area contributed by atoms with Crippen LogP contribution in [0.4, 0.5) is 4.79 Å². The highest BCUT2D eigenvalue weighted by atomic mass is 79.9. The maximum Gasteiger partial charge on any atom is 0.315 e. The molecule has 5 nitrogen and oxygen atoms in total. The Bertz CT molecular complexity index is 320. The van der Waals surface area contributed by atoms with Crippen molar-refractivity contribution >= 4 is 27.9 Å². The molecule has 6 heteroatoms. The van der Waals surface area contributed by atoms with Crippen molar-refractivity contribution in [3.63, 3.8) is 0 Å². The molecule has 96 valence electrons. The Morgan fingerprint density at radius 2 is 2.00 bits per heavy atom. The highest BCUT2D eigenvalue weighted by Crippen LogP contribution is 2.24. The molecule has 1 aliphatic carbocycles. The number of halogens is 1. The Kier molecular flexibility index (Phi) is 5.47. The topological polar surface area (TPSA) is 78.4 Å². The Morgan fingerprint density at radius 3 is 2.59 bits per heavy atom. The molecule has 0 heterocycles. The van der Waals surface area contributed by atoms with Crippen LogP contribution in [0.25, 0.3) is 0 Å². The van der Waals surface area contributed by atoms with Crippen molar-refractivity contribution in [1.29, 1.82) is 0 Å². The molecule has 3 N–H and O–H groups in total. The van der Waals surface area contributed by atoms with Crippen LogP contribution in [0.1, 0.15) is 25.7 Å². The van der Waals surface area contributed by atoms with Gasteiger partial charge in [-0.2, -0.15) is 0 Å². The molecule has 2 unspecified atom stereocenters. The van der Waals surface area contributed by atoms with Gasteiger partial charge in [0, 0.05) is 10.5 Å². The first-order valence-electron chi connectivity index (χ1n) is 5.61. The standard InChI is InChI=1S/C11H17BrN2O3/c1-7(12)6-13-11(17)14-9-5-3-2-4-8(9)10(15)16/h8-9H,1-6H2,(H,15,16)(H2,13,14,17). The summed E-state index contributed by atoms with van der Waals surface area (Å²) >= 11 is 3.13. The second kappa shape index (κ2) is 6.64. The Hall–Kier alpha value is -1.04. The van der Waals surface area contributed by atoms with E-state index in [4.69, 9.17) is 5.11 Å². The Balaban J connectivity index is 2.44. The summed E-state index contributed by atoms with van der Waals surface area (Å²) in [5.41, 5.74) is 0. The lowest BCUT2D eigenvalue weighted by molar-refractivity contribution is -0.143. The van der Waals surface area contributed by atoms with E-state index in [9.17, 15) is 9.59 Å². The molecule has 0 aromatic heterocycles. The van der Waals surface area contributed by atoms with E-state index in [1.54, 1.807) is 0 Å². The molecular formula is C11H17BrN2O3. The van der Waals surface area contributed by atoms with Gasteiger partial charge in [-0.15, -0.1) is 0 Å². The number of carbonyl (C=O) groups is 2. The molecule has 17 heavy (non-hydrogen) atoms. The molecule has 1 saturated carbocycles. The predicted molar refractivity (Wildman–Crippen MR) is 68.0 cm³/mol. The van der Waals surface area contributed by atoms with Crippen LogP contribution in [0, 0.1) is 5.92 Å². The number of rotatable bonds is 4. The maximum absolute atomic E-state index is 11.5. The van der Waals surface area contributed by atoms with E-state index in [-0.39, 0.29) is 12.1 Å². The summed E-state index contributed by atoms with van der Waals surface area (Å²) in [5.74, 6) is -1.30. The van der Waals surface area contributed by atoms with E-state index in [2.05, 4.69) is 33.1 Å². The van der Waals surface area contributed by atoms with Crippen LogP contribution in [-0.4, -0.2) is 29.7 Å². The van der Waals surface area contributed by atoms with E-state index >= 15 is 0 Å². The second-order valence-corrected chi connectivity index (χ2v) is 5.30. The number of nitrogens with one attached hydrogen (secondary N) is 2. The Labute approximate surface area is 109 Å². The number of hydrogen-bond acceptors (Lipinski definition) is 2. The first-order valence-corrected chi connectivity index (χ1v) is 6.40. The quantitative estimate of drug-likeness (QED) is 0.741. The van der Waals surface area contributed by atoms with Crippen molar-refractivity contribution in [2.45, 2.75) is 31.7 Å². The maximum atomic E-state index is 11.5. The summed E-state index contributed by atoms with van der Waals surface area (Å²) in [6.07, 6.45) is 3.22. The first-order chi connectivity index (χ1) is 8.00. The fourth-order valence-electron chi connectivity index (χ4n) is 1.99. The predicted octanol–water partition coefficient (Wildman–Crippen LogP) is 1.84. The van der Waals surface area contributed by atoms with Crippen molar-refractivity contribution in [1.82, 2.24) is 10.6 Å². The van der Waals surface area contributed by atoms with Crippen LogP contribution in [0.3, 0.4) is 0 Å². The molecule has 0 aromatic carbocycles. The zero-order chi connectivity index (χ0) is 12.8. The lowest BCUT2D eigenvalue weighted by Gasteiger charge is -2.29. The zero-order valence-corrected chi connectivity index (χ0v) is 11.1. The summed E-state index contributed by atoms with van der Waals surface area (Å²) in [6, 6.07) is -0.617. The molecule has 1 fully saturated rings. The monoisotopic (exact) mass is 304 g/mol. The molecular weight excluding hydrogens is 288 g/mol. The Morgan fingerprint density at radius 1 is 1.35 bits per heavy atom. The fraction of sp³-hybridized carbons (Fsp3) is 0.636. The number of carbonyl (C=O) groups excluding carboxylic acids is 1. The summed E-state index contributed by atoms with van der Waals surface area (Å²) in [5, 5.41) is 14.4. The third-order valence-corrected chi connectivity index (χ3v) is 3.12. The normalized spacial score (nSPS) is 23.8. The van der Waals surface area contributed by atoms with Gasteiger partial charge < -0.3 is 15.7 Å². The van der Waals surface area contributed by atoms with E-state index in [0.29, 0.717) is 17.4 Å². The SMILES string of the molecule is C=C(Br)CNC(=O)NC1CCCCC1C(=O)O. The van der Waals surface area contributed by atoms with Gasteiger partial charge in [0.15, 0.2) is 0 Å². The smallest absolute Gasteiger partial charge is 0.315 e. The molecule has 0 radical (unpaired) electrons. The van der Waals surface area contributed by atoms with Gasteiger partial charge in [0.25, 0.3) is 0 Å². The highest BCUT2D eigenvalue weighted by molar-refractivity contribution is 9.11. The molecule has 1 aliphatic rings. The summed E-state index contributed by atoms with van der Waals surface area (Å²) in [6.45, 7) is 3.93. The number of carboxylic acids is 1. The lowest BCUT2D eigenvalue weighted by atomic mass is 9.84. The van der Waals surface area contributed by atoms with Crippen LogP contribution in [-0.2, 0) is 4.79 Å². The minimum atomic E-state index is -0.833. The lowest BCUT2D eigenvalue weighted by Crippen LogP contribution is -2.49. The van der Waals surface area contributed by atoms with Crippen molar-refractivity contribution in [3.8, 4) is 0 Å². The van der Waals surface area contributed by atoms with Crippen molar-refractivity contribution < 1.29 is 14.7 Å². The third kappa shape index (κ3) is 4.77. The van der Waals surface area contributed by atoms with Crippen molar-refractivity contribution in [2.24, 2.45) is 5.92 Å². The molecule has 2 amide bonds. The molecule has 0 aromatic rings. The molecule has 0 aliphatic heterocycles. The van der Waals surface area contributed by atoms with Gasteiger partial charge in [0.2, 0.25) is 0 Å². The molecule has 2 atom stereocenters. The molecule has 1 rings (SSSR count). The number of carboxylic acid groups (broad SMARTS) is 1. The third-order valence-electron chi connectivity index (χ3n) is 2.84. The van der Waals surface area contributed by atoms with Gasteiger partial charge in [0.05, 0.1) is 12.5 Å². The minimum Gasteiger partial charge on any atom is -0.481 e. The summed E-state index contributed by atoms with van der Waals surface area (Å²) in [7, 11) is 0. The highest BCUT2D eigenvalue weighted by Gasteiger charge is 2.31. The van der Waals surface area contributed by atoms with Gasteiger partial charge in [0.1, 0.15) is 0 Å². The molecule has 0 bridgehead atoms. The van der Waals surface area contributed by atoms with E-state index in [0.717, 1.165) is 19.3 Å². The minimum absolute atomic E-state index is 0.273. The average Bonchev–Trinajstić information content (AvgIpc) is 2.27.